The molecule has 2 saturated heterocycles. The molecule has 4 aliphatic heterocycles. The van der Waals surface area contributed by atoms with E-state index in [0.29, 0.717) is 26.6 Å². The van der Waals surface area contributed by atoms with Gasteiger partial charge in [-0.2, -0.15) is 13.2 Å². The Bertz CT molecular complexity index is 2930. The number of phenols is 1. The Morgan fingerprint density at radius 3 is 2.34 bits per heavy atom. The number of hydrogen-bond donors (Lipinski definition) is 3. The number of hydrogen-bond acceptors (Lipinski definition) is 12. The molecule has 5 aromatic rings. The van der Waals surface area contributed by atoms with Crippen molar-refractivity contribution in [3.8, 4) is 22.9 Å². The summed E-state index contributed by atoms with van der Waals surface area (Å²) in [6.45, 7) is -2.16. The van der Waals surface area contributed by atoms with E-state index in [1.165, 1.54) is 54.6 Å². The lowest BCUT2D eigenvalue weighted by molar-refractivity contribution is -0.136. The van der Waals surface area contributed by atoms with Gasteiger partial charge in [-0.3, -0.25) is 38.5 Å². The molecule has 21 heteroatoms. The number of aromatic hydroxyl groups is 1. The van der Waals surface area contributed by atoms with Crippen molar-refractivity contribution in [1.82, 2.24) is 25.1 Å². The monoisotopic (exact) mass is 954 g/mol. The second-order valence-corrected chi connectivity index (χ2v) is 18.4. The van der Waals surface area contributed by atoms with Crippen molar-refractivity contribution in [2.24, 2.45) is 0 Å². The number of rotatable bonds is 16. The molecule has 68 heavy (non-hydrogen) atoms. The number of piperidine rings is 1. The zero-order valence-electron chi connectivity index (χ0n) is 35.7. The molecule has 0 aliphatic carbocycles. The minimum atomic E-state index is -4.91. The van der Waals surface area contributed by atoms with Crippen LogP contribution in [0.15, 0.2) is 110 Å². The van der Waals surface area contributed by atoms with Crippen molar-refractivity contribution in [2.75, 3.05) is 30.6 Å². The van der Waals surface area contributed by atoms with E-state index in [0.717, 1.165) is 10.6 Å². The van der Waals surface area contributed by atoms with Gasteiger partial charge < -0.3 is 29.2 Å². The van der Waals surface area contributed by atoms with Crippen LogP contribution in [0.3, 0.4) is 0 Å². The van der Waals surface area contributed by atoms with E-state index < -0.39 is 82.4 Å². The highest BCUT2D eigenvalue weighted by molar-refractivity contribution is 7.93. The molecule has 2 bridgehead atoms. The van der Waals surface area contributed by atoms with E-state index in [2.05, 4.69) is 15.6 Å². The molecule has 4 aromatic carbocycles. The van der Waals surface area contributed by atoms with Crippen LogP contribution in [0.4, 0.5) is 18.9 Å². The molecule has 1 aromatic heterocycles. The molecule has 0 spiro atoms. The maximum Gasteiger partial charge on any atom is 0.407 e. The number of nitrogens with one attached hydrogen (secondary N) is 2. The summed E-state index contributed by atoms with van der Waals surface area (Å²) in [5.41, 5.74) is 2.92. The molecule has 9 rings (SSSR count). The van der Waals surface area contributed by atoms with Crippen LogP contribution in [0.1, 0.15) is 57.5 Å². The number of imide groups is 2. The number of nitrogens with zero attached hydrogens (tertiary/aromatic N) is 4. The first-order chi connectivity index (χ1) is 32.6. The summed E-state index contributed by atoms with van der Waals surface area (Å²) >= 11 is 0. The van der Waals surface area contributed by atoms with Crippen LogP contribution >= 0.6 is 0 Å². The Hall–Kier alpha value is -7.52. The number of benzene rings is 4. The molecule has 17 nitrogen and oxygen atoms in total. The van der Waals surface area contributed by atoms with Gasteiger partial charge in [0.1, 0.15) is 41.2 Å². The molecular formula is C47H41F3N6O11S. The van der Waals surface area contributed by atoms with Gasteiger partial charge in [-0.05, 0) is 102 Å². The van der Waals surface area contributed by atoms with Crippen molar-refractivity contribution in [1.29, 1.82) is 0 Å². The van der Waals surface area contributed by atoms with E-state index in [-0.39, 0.29) is 72.9 Å². The van der Waals surface area contributed by atoms with E-state index in [9.17, 15) is 50.7 Å². The lowest BCUT2D eigenvalue weighted by Gasteiger charge is -2.32. The Morgan fingerprint density at radius 2 is 1.65 bits per heavy atom. The van der Waals surface area contributed by atoms with Gasteiger partial charge in [-0.1, -0.05) is 30.3 Å². The smallest absolute Gasteiger partial charge is 0.407 e. The van der Waals surface area contributed by atoms with Gasteiger partial charge in [0.15, 0.2) is 6.61 Å². The maximum absolute atomic E-state index is 14.5. The van der Waals surface area contributed by atoms with E-state index in [1.807, 2.05) is 12.1 Å². The van der Waals surface area contributed by atoms with Crippen molar-refractivity contribution in [3.05, 3.63) is 132 Å². The summed E-state index contributed by atoms with van der Waals surface area (Å²) in [4.78, 5) is 67.9. The number of phenolic OH excluding ortho intramolecular Hbond substituents is 1. The Labute approximate surface area is 386 Å². The van der Waals surface area contributed by atoms with Crippen LogP contribution in [0.2, 0.25) is 0 Å². The quantitative estimate of drug-likeness (QED) is 0.0900. The molecule has 4 unspecified atom stereocenters. The third-order valence-electron chi connectivity index (χ3n) is 12.0. The Balaban J connectivity index is 0.823. The van der Waals surface area contributed by atoms with E-state index in [1.54, 1.807) is 47.6 Å². The van der Waals surface area contributed by atoms with E-state index in [4.69, 9.17) is 14.2 Å². The lowest BCUT2D eigenvalue weighted by Crippen LogP contribution is -2.54. The van der Waals surface area contributed by atoms with Crippen LogP contribution in [0.5, 0.6) is 17.2 Å². The number of amides is 5. The largest absolute Gasteiger partial charge is 0.508 e. The number of alkyl halides is 3. The van der Waals surface area contributed by atoms with Crippen molar-refractivity contribution in [2.45, 2.75) is 55.4 Å². The highest BCUT2D eigenvalue weighted by Crippen LogP contribution is 2.51. The van der Waals surface area contributed by atoms with Crippen LogP contribution in [-0.2, 0) is 29.1 Å². The van der Waals surface area contributed by atoms with Gasteiger partial charge in [-0.25, -0.2) is 13.4 Å². The van der Waals surface area contributed by atoms with E-state index >= 15 is 0 Å². The number of anilines is 1. The number of ether oxygens (including phenoxy) is 3. The normalized spacial score (nSPS) is 20.1. The maximum atomic E-state index is 14.5. The third kappa shape index (κ3) is 9.01. The fraction of sp³-hybridized carbons (Fsp3) is 0.277. The van der Waals surface area contributed by atoms with Gasteiger partial charge in [0.05, 0.1) is 35.9 Å². The summed E-state index contributed by atoms with van der Waals surface area (Å²) in [6.07, 6.45) is -1.71. The van der Waals surface area contributed by atoms with Gasteiger partial charge in [-0.15, -0.1) is 0 Å². The Morgan fingerprint density at radius 1 is 0.926 bits per heavy atom. The zero-order valence-corrected chi connectivity index (χ0v) is 36.5. The summed E-state index contributed by atoms with van der Waals surface area (Å²) < 4.78 is 91.4. The molecule has 352 valence electrons. The van der Waals surface area contributed by atoms with Crippen molar-refractivity contribution < 1.29 is 64.9 Å². The molecule has 5 heterocycles. The minimum absolute atomic E-state index is 0.00894. The standard InChI is InChI=1S/C47H41F3N6O11S/c48-47(49,50)25-55(68(63,64)37-23-36-40(27-7-13-31(57)14-8-27)41(43(37)67-36)28-5-9-29(10-6-28)54-21-20-51-26-54)30-11-15-32(16-12-30)65-22-2-19-52-39(59)24-66-35-4-1-3-33-42(35)46(62)56(45(33)61)34-17-18-38(58)53-44(34)60/h1,3-16,20-21,26,34,36-37,43,57H,2,17-19,22-25H2,(H,52,59)(H,53,58,60). The van der Waals surface area contributed by atoms with Crippen molar-refractivity contribution in [3.63, 3.8) is 0 Å². The average Bonchev–Trinajstić information content (AvgIpc) is 4.13. The number of imidazole rings is 1. The molecule has 0 radical (unpaired) electrons. The first-order valence-electron chi connectivity index (χ1n) is 21.4. The summed E-state index contributed by atoms with van der Waals surface area (Å²) in [7, 11) is -4.75. The third-order valence-corrected chi connectivity index (χ3v) is 14.1. The van der Waals surface area contributed by atoms with Crippen LogP contribution < -0.4 is 24.4 Å². The molecular weight excluding hydrogens is 914 g/mol. The molecule has 0 saturated carbocycles. The van der Waals surface area contributed by atoms with Crippen LogP contribution in [-0.4, -0.2) is 113 Å². The SMILES string of the molecule is O=C(COc1cccc2c1C(=O)N(C1CCC(=O)NC1=O)C2=O)NCCCOc1ccc(N(CC(F)(F)F)S(=O)(=O)C2CC3OC2C(c2ccc(-n4ccnc4)cc2)=C3c2ccc(O)cc2)cc1. The second kappa shape index (κ2) is 18.3. The van der Waals surface area contributed by atoms with Gasteiger partial charge in [0.25, 0.3) is 17.7 Å². The number of halogens is 3. The minimum Gasteiger partial charge on any atom is -0.508 e. The fourth-order valence-electron chi connectivity index (χ4n) is 8.88. The second-order valence-electron chi connectivity index (χ2n) is 16.3. The average molecular weight is 955 g/mol. The zero-order chi connectivity index (χ0) is 47.9. The number of fused-ring (bicyclic) bond motifs is 3. The number of carbonyl (C=O) groups is 5. The molecule has 5 amide bonds. The molecule has 2 fully saturated rings. The van der Waals surface area contributed by atoms with Gasteiger partial charge >= 0.3 is 6.18 Å². The van der Waals surface area contributed by atoms with Gasteiger partial charge in [0.2, 0.25) is 21.8 Å². The summed E-state index contributed by atoms with van der Waals surface area (Å²) in [5.74, 6) is -3.15. The van der Waals surface area contributed by atoms with Crippen LogP contribution in [0, 0.1) is 0 Å². The number of sulfonamides is 1. The fourth-order valence-corrected chi connectivity index (χ4v) is 10.9. The molecule has 4 aliphatic rings. The number of aromatic nitrogens is 2. The topological polar surface area (TPSA) is 216 Å². The summed E-state index contributed by atoms with van der Waals surface area (Å²) in [5, 5.41) is 13.4. The van der Waals surface area contributed by atoms with Crippen molar-refractivity contribution >= 4 is 56.4 Å². The first-order valence-corrected chi connectivity index (χ1v) is 22.9. The highest BCUT2D eigenvalue weighted by Gasteiger charge is 2.55. The first kappa shape index (κ1) is 45.6. The molecule has 3 N–H and O–H groups in total. The Kier molecular flexibility index (Phi) is 12.3. The highest BCUT2D eigenvalue weighted by atomic mass is 32.2. The predicted molar refractivity (Wildman–Crippen MR) is 236 cm³/mol. The predicted octanol–water partition coefficient (Wildman–Crippen LogP) is 4.79. The summed E-state index contributed by atoms with van der Waals surface area (Å²) in [6, 6.07) is 21.8. The lowest BCUT2D eigenvalue weighted by atomic mass is 9.83. The van der Waals surface area contributed by atoms with Gasteiger partial charge in [0, 0.05) is 31.0 Å². The molecule has 4 atom stereocenters. The number of carbonyl (C=O) groups excluding carboxylic acids is 5. The van der Waals surface area contributed by atoms with Crippen LogP contribution in [0.25, 0.3) is 16.8 Å².